The maximum absolute atomic E-state index is 12.4. The Balaban J connectivity index is 2.32. The van der Waals surface area contributed by atoms with Crippen LogP contribution in [0.3, 0.4) is 0 Å². The summed E-state index contributed by atoms with van der Waals surface area (Å²) in [5.41, 5.74) is -0.0180. The van der Waals surface area contributed by atoms with Gasteiger partial charge in [0.1, 0.15) is 0 Å². The maximum Gasteiger partial charge on any atom is 0.416 e. The molecule has 4 nitrogen and oxygen atoms in total. The van der Waals surface area contributed by atoms with Crippen LogP contribution in [0.15, 0.2) is 30.5 Å². The molecule has 0 atom stereocenters. The maximum atomic E-state index is 12.4. The van der Waals surface area contributed by atoms with E-state index in [-0.39, 0.29) is 18.9 Å². The van der Waals surface area contributed by atoms with Crippen LogP contribution in [0.5, 0.6) is 5.88 Å². The number of rotatable bonds is 3. The summed E-state index contributed by atoms with van der Waals surface area (Å²) in [4.78, 5) is 0. The van der Waals surface area contributed by atoms with Gasteiger partial charge in [0.15, 0.2) is 0 Å². The molecule has 0 aliphatic heterocycles. The normalized spacial score (nSPS) is 11.8. The molecule has 1 aromatic carbocycles. The number of alkyl halides is 3. The van der Waals surface area contributed by atoms with Crippen molar-refractivity contribution in [2.45, 2.75) is 12.6 Å². The zero-order valence-electron chi connectivity index (χ0n) is 9.72. The summed E-state index contributed by atoms with van der Waals surface area (Å²) in [6.07, 6.45) is -2.80. The van der Waals surface area contributed by atoms with Crippen molar-refractivity contribution in [3.05, 3.63) is 41.6 Å². The van der Waals surface area contributed by atoms with E-state index in [0.29, 0.717) is 11.3 Å². The minimum atomic E-state index is -4.40. The van der Waals surface area contributed by atoms with Gasteiger partial charge in [0.2, 0.25) is 5.88 Å². The molecule has 102 valence electrons. The highest BCUT2D eigenvalue weighted by Gasteiger charge is 2.30. The first-order valence-electron chi connectivity index (χ1n) is 5.48. The molecule has 7 heteroatoms. The third-order valence-electron chi connectivity index (χ3n) is 2.64. The monoisotopic (exact) mass is 272 g/mol. The number of hydrogen-bond donors (Lipinski definition) is 2. The quantitative estimate of drug-likeness (QED) is 0.900. The molecule has 0 aliphatic rings. The summed E-state index contributed by atoms with van der Waals surface area (Å²) in [7, 11) is 0. The molecule has 2 N–H and O–H groups in total. The molecule has 0 bridgehead atoms. The molecule has 0 unspecified atom stereocenters. The molecule has 2 rings (SSSR count). The molecule has 1 aromatic heterocycles. The summed E-state index contributed by atoms with van der Waals surface area (Å²) in [6, 6.07) is 4.28. The van der Waals surface area contributed by atoms with Gasteiger partial charge < -0.3 is 10.2 Å². The van der Waals surface area contributed by atoms with Gasteiger partial charge in [0.25, 0.3) is 0 Å². The van der Waals surface area contributed by atoms with Gasteiger partial charge in [-0.3, -0.25) is 0 Å². The van der Waals surface area contributed by atoms with Crippen LogP contribution in [0.4, 0.5) is 13.2 Å². The van der Waals surface area contributed by atoms with Crippen LogP contribution in [-0.2, 0) is 12.6 Å². The molecular weight excluding hydrogens is 261 g/mol. The number of aromatic nitrogens is 2. The third kappa shape index (κ3) is 2.70. The van der Waals surface area contributed by atoms with Crippen molar-refractivity contribution < 1.29 is 23.4 Å². The Labute approximate surface area is 106 Å². The Kier molecular flexibility index (Phi) is 3.48. The fourth-order valence-corrected chi connectivity index (χ4v) is 1.65. The second kappa shape index (κ2) is 4.93. The molecule has 0 radical (unpaired) electrons. The topological polar surface area (TPSA) is 58.3 Å². The van der Waals surface area contributed by atoms with Gasteiger partial charge in [0, 0.05) is 18.6 Å². The summed E-state index contributed by atoms with van der Waals surface area (Å²) < 4.78 is 38.3. The van der Waals surface area contributed by atoms with Crippen LogP contribution in [0, 0.1) is 0 Å². The largest absolute Gasteiger partial charge is 0.493 e. The first-order chi connectivity index (χ1) is 8.93. The molecule has 0 saturated heterocycles. The van der Waals surface area contributed by atoms with Gasteiger partial charge in [0.05, 0.1) is 17.4 Å². The lowest BCUT2D eigenvalue weighted by atomic mass is 10.2. The second-order valence-electron chi connectivity index (χ2n) is 3.92. The number of aromatic hydroxyl groups is 1. The highest BCUT2D eigenvalue weighted by molar-refractivity contribution is 5.39. The van der Waals surface area contributed by atoms with Gasteiger partial charge in [-0.05, 0) is 24.3 Å². The van der Waals surface area contributed by atoms with E-state index in [9.17, 15) is 18.3 Å². The van der Waals surface area contributed by atoms with Crippen LogP contribution in [-0.4, -0.2) is 26.6 Å². The van der Waals surface area contributed by atoms with Crippen LogP contribution >= 0.6 is 0 Å². The summed E-state index contributed by atoms with van der Waals surface area (Å²) in [5, 5.41) is 22.5. The molecule has 0 saturated carbocycles. The molecular formula is C12H11F3N2O2. The SMILES string of the molecule is OCCc1cnn(-c2ccc(C(F)(F)F)cc2)c1O. The molecule has 0 spiro atoms. The summed E-state index contributed by atoms with van der Waals surface area (Å²) in [5.74, 6) is -0.186. The van der Waals surface area contributed by atoms with E-state index in [1.807, 2.05) is 0 Å². The van der Waals surface area contributed by atoms with Crippen molar-refractivity contribution in [3.8, 4) is 11.6 Å². The van der Waals surface area contributed by atoms with Crippen molar-refractivity contribution in [1.29, 1.82) is 0 Å². The zero-order valence-corrected chi connectivity index (χ0v) is 9.72. The molecule has 19 heavy (non-hydrogen) atoms. The summed E-state index contributed by atoms with van der Waals surface area (Å²) >= 11 is 0. The molecule has 2 aromatic rings. The average molecular weight is 272 g/mol. The van der Waals surface area contributed by atoms with Crippen LogP contribution in [0.25, 0.3) is 5.69 Å². The average Bonchev–Trinajstić information content (AvgIpc) is 2.71. The number of aliphatic hydroxyl groups is 1. The highest BCUT2D eigenvalue weighted by Crippen LogP contribution is 2.30. The minimum absolute atomic E-state index is 0.147. The van der Waals surface area contributed by atoms with Crippen LogP contribution in [0.1, 0.15) is 11.1 Å². The van der Waals surface area contributed by atoms with E-state index < -0.39 is 11.7 Å². The van der Waals surface area contributed by atoms with E-state index in [1.54, 1.807) is 0 Å². The van der Waals surface area contributed by atoms with E-state index >= 15 is 0 Å². The smallest absolute Gasteiger partial charge is 0.416 e. The van der Waals surface area contributed by atoms with Crippen molar-refractivity contribution in [2.24, 2.45) is 0 Å². The number of hydrogen-bond acceptors (Lipinski definition) is 3. The van der Waals surface area contributed by atoms with E-state index in [2.05, 4.69) is 5.10 Å². The van der Waals surface area contributed by atoms with E-state index in [1.165, 1.54) is 18.3 Å². The van der Waals surface area contributed by atoms with E-state index in [4.69, 9.17) is 5.11 Å². The Hall–Kier alpha value is -2.02. The highest BCUT2D eigenvalue weighted by atomic mass is 19.4. The fraction of sp³-hybridized carbons (Fsp3) is 0.250. The minimum Gasteiger partial charge on any atom is -0.493 e. The first kappa shape index (κ1) is 13.4. The van der Waals surface area contributed by atoms with Gasteiger partial charge in [-0.2, -0.15) is 18.3 Å². The van der Waals surface area contributed by atoms with Gasteiger partial charge in [-0.1, -0.05) is 0 Å². The molecule has 0 aliphatic carbocycles. The van der Waals surface area contributed by atoms with Gasteiger partial charge >= 0.3 is 6.18 Å². The number of nitrogens with zero attached hydrogens (tertiary/aromatic N) is 2. The number of aliphatic hydroxyl groups excluding tert-OH is 1. The lowest BCUT2D eigenvalue weighted by Gasteiger charge is -2.08. The Morgan fingerprint density at radius 3 is 2.32 bits per heavy atom. The lowest BCUT2D eigenvalue weighted by Crippen LogP contribution is -2.05. The zero-order chi connectivity index (χ0) is 14.0. The Bertz CT molecular complexity index is 561. The van der Waals surface area contributed by atoms with Crippen LogP contribution in [0.2, 0.25) is 0 Å². The second-order valence-corrected chi connectivity index (χ2v) is 3.92. The van der Waals surface area contributed by atoms with Crippen molar-refractivity contribution in [1.82, 2.24) is 9.78 Å². The van der Waals surface area contributed by atoms with E-state index in [0.717, 1.165) is 16.8 Å². The Morgan fingerprint density at radius 1 is 1.16 bits per heavy atom. The number of benzene rings is 1. The predicted molar refractivity (Wildman–Crippen MR) is 61.0 cm³/mol. The van der Waals surface area contributed by atoms with Crippen molar-refractivity contribution in [3.63, 3.8) is 0 Å². The fourth-order valence-electron chi connectivity index (χ4n) is 1.65. The lowest BCUT2D eigenvalue weighted by molar-refractivity contribution is -0.137. The van der Waals surface area contributed by atoms with Gasteiger partial charge in [-0.25, -0.2) is 4.68 Å². The Morgan fingerprint density at radius 2 is 1.79 bits per heavy atom. The molecule has 0 amide bonds. The first-order valence-corrected chi connectivity index (χ1v) is 5.48. The van der Waals surface area contributed by atoms with Crippen molar-refractivity contribution >= 4 is 0 Å². The summed E-state index contributed by atoms with van der Waals surface area (Å²) in [6.45, 7) is -0.147. The van der Waals surface area contributed by atoms with Gasteiger partial charge in [-0.15, -0.1) is 0 Å². The number of halogens is 3. The molecule has 0 fully saturated rings. The van der Waals surface area contributed by atoms with Crippen LogP contribution < -0.4 is 0 Å². The standard InChI is InChI=1S/C12H11F3N2O2/c13-12(14,15)9-1-3-10(4-2-9)17-11(19)8(5-6-18)7-16-17/h1-4,7,18-19H,5-6H2. The predicted octanol–water partition coefficient (Wildman–Crippen LogP) is 2.13. The van der Waals surface area contributed by atoms with Crippen molar-refractivity contribution in [2.75, 3.05) is 6.61 Å². The third-order valence-corrected chi connectivity index (χ3v) is 2.64. The molecule has 1 heterocycles.